The molecule has 0 aliphatic heterocycles. The molecule has 1 heterocycles. The molecule has 0 saturated heterocycles. The van der Waals surface area contributed by atoms with Crippen molar-refractivity contribution in [2.75, 3.05) is 0 Å². The third kappa shape index (κ3) is 3.48. The maximum atomic E-state index is 13.3. The van der Waals surface area contributed by atoms with E-state index in [2.05, 4.69) is 4.98 Å². The van der Waals surface area contributed by atoms with Crippen LogP contribution >= 0.6 is 0 Å². The lowest BCUT2D eigenvalue weighted by molar-refractivity contribution is -0.137. The van der Waals surface area contributed by atoms with Crippen molar-refractivity contribution in [2.24, 2.45) is 0 Å². The fourth-order valence-corrected chi connectivity index (χ4v) is 2.44. The zero-order valence-electron chi connectivity index (χ0n) is 13.4. The van der Waals surface area contributed by atoms with Crippen molar-refractivity contribution in [1.29, 1.82) is 0 Å². The van der Waals surface area contributed by atoms with E-state index in [9.17, 15) is 13.2 Å². The summed E-state index contributed by atoms with van der Waals surface area (Å²) in [5.74, 6) is 0. The highest BCUT2D eigenvalue weighted by molar-refractivity contribution is 5.68. The zero-order chi connectivity index (χ0) is 17.3. The molecule has 0 fully saturated rings. The van der Waals surface area contributed by atoms with Crippen molar-refractivity contribution in [3.8, 4) is 22.5 Å². The fourth-order valence-electron chi connectivity index (χ4n) is 2.44. The lowest BCUT2D eigenvalue weighted by Crippen LogP contribution is -2.06. The highest BCUT2D eigenvalue weighted by Gasteiger charge is 2.31. The summed E-state index contributed by atoms with van der Waals surface area (Å²) in [6.45, 7) is 3.86. The molecule has 0 radical (unpaired) electrons. The molecule has 0 bridgehead atoms. The number of benzene rings is 2. The van der Waals surface area contributed by atoms with Crippen molar-refractivity contribution >= 4 is 0 Å². The van der Waals surface area contributed by atoms with Crippen LogP contribution in [0.3, 0.4) is 0 Å². The second kappa shape index (κ2) is 6.11. The first kappa shape index (κ1) is 16.2. The second-order valence-electron chi connectivity index (χ2n) is 5.86. The maximum Gasteiger partial charge on any atom is 0.416 e. The lowest BCUT2D eigenvalue weighted by atomic mass is 10.0. The van der Waals surface area contributed by atoms with Gasteiger partial charge in [0, 0.05) is 11.1 Å². The van der Waals surface area contributed by atoms with Gasteiger partial charge in [-0.3, -0.25) is 0 Å². The van der Waals surface area contributed by atoms with Crippen LogP contribution in [0.4, 0.5) is 13.2 Å². The van der Waals surface area contributed by atoms with Gasteiger partial charge in [0.2, 0.25) is 0 Å². The highest BCUT2D eigenvalue weighted by atomic mass is 19.4. The Bertz CT molecular complexity index is 784. The van der Waals surface area contributed by atoms with Crippen LogP contribution < -0.4 is 0 Å². The standard InChI is InChI=1S/C20H16F3N/c1-13-3-7-15(8-4-13)18-11-17(20(21,22)23)12-19(24-18)16-9-5-14(2)6-10-16/h3-12H,1-2H3. The number of pyridine rings is 1. The topological polar surface area (TPSA) is 12.9 Å². The van der Waals surface area contributed by atoms with Crippen LogP contribution in [0.15, 0.2) is 60.7 Å². The summed E-state index contributed by atoms with van der Waals surface area (Å²) < 4.78 is 39.8. The van der Waals surface area contributed by atoms with E-state index in [0.717, 1.165) is 23.3 Å². The fraction of sp³-hybridized carbons (Fsp3) is 0.150. The number of rotatable bonds is 2. The van der Waals surface area contributed by atoms with Crippen molar-refractivity contribution in [3.05, 3.63) is 77.4 Å². The normalized spacial score (nSPS) is 11.5. The Labute approximate surface area is 138 Å². The van der Waals surface area contributed by atoms with E-state index >= 15 is 0 Å². The molecular weight excluding hydrogens is 311 g/mol. The molecule has 3 aromatic rings. The van der Waals surface area contributed by atoms with Crippen LogP contribution in [0.1, 0.15) is 16.7 Å². The Morgan fingerprint density at radius 1 is 0.667 bits per heavy atom. The first-order valence-corrected chi connectivity index (χ1v) is 7.56. The molecule has 0 saturated carbocycles. The van der Waals surface area contributed by atoms with Gasteiger partial charge in [0.05, 0.1) is 17.0 Å². The molecule has 122 valence electrons. The average Bonchev–Trinajstić information content (AvgIpc) is 2.55. The van der Waals surface area contributed by atoms with Gasteiger partial charge in [0.25, 0.3) is 0 Å². The van der Waals surface area contributed by atoms with Crippen LogP contribution in [0.25, 0.3) is 22.5 Å². The van der Waals surface area contributed by atoms with Gasteiger partial charge >= 0.3 is 6.18 Å². The Balaban J connectivity index is 2.17. The first-order valence-electron chi connectivity index (χ1n) is 7.56. The van der Waals surface area contributed by atoms with E-state index in [4.69, 9.17) is 0 Å². The summed E-state index contributed by atoms with van der Waals surface area (Å²) in [6, 6.07) is 16.8. The Morgan fingerprint density at radius 2 is 1.04 bits per heavy atom. The van der Waals surface area contributed by atoms with Gasteiger partial charge in [-0.15, -0.1) is 0 Å². The van der Waals surface area contributed by atoms with Crippen LogP contribution in [0.5, 0.6) is 0 Å². The summed E-state index contributed by atoms with van der Waals surface area (Å²) in [4.78, 5) is 4.45. The van der Waals surface area contributed by atoms with Crippen LogP contribution in [0, 0.1) is 13.8 Å². The summed E-state index contributed by atoms with van der Waals surface area (Å²) in [5, 5.41) is 0. The summed E-state index contributed by atoms with van der Waals surface area (Å²) in [5.41, 5.74) is 3.37. The van der Waals surface area contributed by atoms with E-state index < -0.39 is 11.7 Å². The van der Waals surface area contributed by atoms with Crippen molar-refractivity contribution in [2.45, 2.75) is 20.0 Å². The zero-order valence-corrected chi connectivity index (χ0v) is 13.4. The van der Waals surface area contributed by atoms with E-state index in [0.29, 0.717) is 22.5 Å². The molecule has 1 aromatic heterocycles. The SMILES string of the molecule is Cc1ccc(-c2cc(C(F)(F)F)cc(-c3ccc(C)cc3)n2)cc1. The molecule has 0 atom stereocenters. The molecule has 0 N–H and O–H groups in total. The minimum absolute atomic E-state index is 0.320. The van der Waals surface area contributed by atoms with E-state index in [1.807, 2.05) is 38.1 Å². The Hall–Kier alpha value is -2.62. The Kier molecular flexibility index (Phi) is 4.14. The maximum absolute atomic E-state index is 13.3. The minimum atomic E-state index is -4.41. The van der Waals surface area contributed by atoms with Gasteiger partial charge in [-0.1, -0.05) is 59.7 Å². The number of hydrogen-bond donors (Lipinski definition) is 0. The second-order valence-corrected chi connectivity index (χ2v) is 5.86. The van der Waals surface area contributed by atoms with Gasteiger partial charge < -0.3 is 0 Å². The van der Waals surface area contributed by atoms with Gasteiger partial charge in [-0.25, -0.2) is 4.98 Å². The van der Waals surface area contributed by atoms with Crippen LogP contribution in [-0.4, -0.2) is 4.98 Å². The molecule has 0 unspecified atom stereocenters. The third-order valence-electron chi connectivity index (χ3n) is 3.85. The molecular formula is C20H16F3N. The number of aryl methyl sites for hydroxylation is 2. The predicted octanol–water partition coefficient (Wildman–Crippen LogP) is 6.05. The molecule has 24 heavy (non-hydrogen) atoms. The molecule has 3 rings (SSSR count). The number of nitrogens with zero attached hydrogens (tertiary/aromatic N) is 1. The molecule has 0 aliphatic carbocycles. The third-order valence-corrected chi connectivity index (χ3v) is 3.85. The minimum Gasteiger partial charge on any atom is -0.248 e. The molecule has 2 aromatic carbocycles. The lowest BCUT2D eigenvalue weighted by Gasteiger charge is -2.12. The van der Waals surface area contributed by atoms with Crippen molar-refractivity contribution in [1.82, 2.24) is 4.98 Å². The monoisotopic (exact) mass is 327 g/mol. The van der Waals surface area contributed by atoms with E-state index in [-0.39, 0.29) is 0 Å². The number of halogens is 3. The number of hydrogen-bond acceptors (Lipinski definition) is 1. The first-order chi connectivity index (χ1) is 11.3. The van der Waals surface area contributed by atoms with Gasteiger partial charge in [0.1, 0.15) is 0 Å². The summed E-state index contributed by atoms with van der Waals surface area (Å²) in [7, 11) is 0. The molecule has 0 amide bonds. The summed E-state index contributed by atoms with van der Waals surface area (Å²) >= 11 is 0. The van der Waals surface area contributed by atoms with E-state index in [1.165, 1.54) is 0 Å². The summed E-state index contributed by atoms with van der Waals surface area (Å²) in [6.07, 6.45) is -4.41. The highest BCUT2D eigenvalue weighted by Crippen LogP contribution is 2.34. The van der Waals surface area contributed by atoms with Gasteiger partial charge in [0.15, 0.2) is 0 Å². The number of alkyl halides is 3. The van der Waals surface area contributed by atoms with E-state index in [1.54, 1.807) is 24.3 Å². The molecule has 0 aliphatic rings. The van der Waals surface area contributed by atoms with Crippen molar-refractivity contribution in [3.63, 3.8) is 0 Å². The molecule has 4 heteroatoms. The van der Waals surface area contributed by atoms with Crippen LogP contribution in [-0.2, 0) is 6.18 Å². The smallest absolute Gasteiger partial charge is 0.248 e. The van der Waals surface area contributed by atoms with Gasteiger partial charge in [-0.2, -0.15) is 13.2 Å². The van der Waals surface area contributed by atoms with Crippen molar-refractivity contribution < 1.29 is 13.2 Å². The Morgan fingerprint density at radius 3 is 1.38 bits per heavy atom. The molecule has 1 nitrogen and oxygen atoms in total. The average molecular weight is 327 g/mol. The largest absolute Gasteiger partial charge is 0.416 e. The van der Waals surface area contributed by atoms with Crippen LogP contribution in [0.2, 0.25) is 0 Å². The number of aromatic nitrogens is 1. The quantitative estimate of drug-likeness (QED) is 0.558. The molecule has 0 spiro atoms. The van der Waals surface area contributed by atoms with Gasteiger partial charge in [-0.05, 0) is 26.0 Å². The predicted molar refractivity (Wildman–Crippen MR) is 89.6 cm³/mol.